The van der Waals surface area contributed by atoms with Crippen molar-refractivity contribution in [3.8, 4) is 5.75 Å². The van der Waals surface area contributed by atoms with Gasteiger partial charge in [-0.2, -0.15) is 0 Å². The molecule has 1 aromatic carbocycles. The van der Waals surface area contributed by atoms with Crippen molar-refractivity contribution in [2.75, 3.05) is 7.11 Å². The normalized spacial score (nSPS) is 9.18. The van der Waals surface area contributed by atoms with E-state index >= 15 is 0 Å². The van der Waals surface area contributed by atoms with Crippen LogP contribution in [0.4, 0.5) is 0 Å². The van der Waals surface area contributed by atoms with Crippen LogP contribution in [0.15, 0.2) is 18.2 Å². The van der Waals surface area contributed by atoms with E-state index in [1.54, 1.807) is 0 Å². The SMILES string of the molecule is COC(=O)c1cc[c]c(O)c1. The molecule has 57 valence electrons. The average molecular weight is 151 g/mol. The zero-order valence-electron chi connectivity index (χ0n) is 6.00. The van der Waals surface area contributed by atoms with Crippen molar-refractivity contribution >= 4 is 5.97 Å². The van der Waals surface area contributed by atoms with Crippen molar-refractivity contribution < 1.29 is 14.6 Å². The molecule has 0 atom stereocenters. The molecule has 0 aromatic heterocycles. The van der Waals surface area contributed by atoms with Crippen LogP contribution >= 0.6 is 0 Å². The molecule has 1 rings (SSSR count). The Morgan fingerprint density at radius 1 is 1.73 bits per heavy atom. The van der Waals surface area contributed by atoms with Gasteiger partial charge in [0.05, 0.1) is 12.7 Å². The van der Waals surface area contributed by atoms with Gasteiger partial charge in [-0.05, 0) is 18.2 Å². The first-order chi connectivity index (χ1) is 5.24. The molecule has 0 spiro atoms. The molecule has 0 amide bonds. The van der Waals surface area contributed by atoms with Gasteiger partial charge in [-0.25, -0.2) is 4.79 Å². The van der Waals surface area contributed by atoms with Crippen molar-refractivity contribution in [3.63, 3.8) is 0 Å². The Morgan fingerprint density at radius 2 is 2.45 bits per heavy atom. The lowest BCUT2D eigenvalue weighted by molar-refractivity contribution is 0.0600. The number of esters is 1. The van der Waals surface area contributed by atoms with E-state index in [1.807, 2.05) is 0 Å². The molecule has 3 nitrogen and oxygen atoms in total. The van der Waals surface area contributed by atoms with Crippen molar-refractivity contribution in [3.05, 3.63) is 29.8 Å². The Labute approximate surface area is 64.2 Å². The number of phenols is 1. The molecular formula is C8H7O3. The number of aromatic hydroxyl groups is 1. The van der Waals surface area contributed by atoms with Crippen molar-refractivity contribution in [1.82, 2.24) is 0 Å². The first kappa shape index (κ1) is 7.60. The van der Waals surface area contributed by atoms with Crippen LogP contribution in [0.1, 0.15) is 10.4 Å². The minimum absolute atomic E-state index is 0.0621. The third kappa shape index (κ3) is 1.70. The summed E-state index contributed by atoms with van der Waals surface area (Å²) in [6.45, 7) is 0. The number of rotatable bonds is 1. The number of benzene rings is 1. The van der Waals surface area contributed by atoms with E-state index < -0.39 is 5.97 Å². The van der Waals surface area contributed by atoms with Gasteiger partial charge < -0.3 is 9.84 Å². The van der Waals surface area contributed by atoms with Gasteiger partial charge in [0, 0.05) is 6.07 Å². The Balaban J connectivity index is 2.96. The second-order valence-electron chi connectivity index (χ2n) is 1.95. The summed E-state index contributed by atoms with van der Waals surface area (Å²) in [7, 11) is 1.29. The highest BCUT2D eigenvalue weighted by Gasteiger charge is 2.03. The van der Waals surface area contributed by atoms with Gasteiger partial charge in [0.1, 0.15) is 5.75 Å². The predicted octanol–water partition coefficient (Wildman–Crippen LogP) is 0.979. The third-order valence-corrected chi connectivity index (χ3v) is 1.21. The zero-order valence-corrected chi connectivity index (χ0v) is 6.00. The third-order valence-electron chi connectivity index (χ3n) is 1.21. The highest BCUT2D eigenvalue weighted by Crippen LogP contribution is 2.10. The summed E-state index contributed by atoms with van der Waals surface area (Å²) < 4.78 is 4.43. The predicted molar refractivity (Wildman–Crippen MR) is 38.3 cm³/mol. The molecule has 0 aliphatic carbocycles. The van der Waals surface area contributed by atoms with E-state index in [0.717, 1.165) is 0 Å². The van der Waals surface area contributed by atoms with E-state index in [2.05, 4.69) is 10.8 Å². The second kappa shape index (κ2) is 3.05. The standard InChI is InChI=1S/C8H7O3/c1-11-8(10)6-3-2-4-7(9)5-6/h2-3,5,9H,1H3. The highest BCUT2D eigenvalue weighted by molar-refractivity contribution is 5.89. The molecule has 1 N–H and O–H groups in total. The second-order valence-corrected chi connectivity index (χ2v) is 1.95. The van der Waals surface area contributed by atoms with Crippen LogP contribution in [-0.2, 0) is 4.74 Å². The molecule has 1 aromatic rings. The molecule has 0 aliphatic heterocycles. The van der Waals surface area contributed by atoms with Crippen LogP contribution < -0.4 is 0 Å². The van der Waals surface area contributed by atoms with Crippen molar-refractivity contribution in [2.45, 2.75) is 0 Å². The molecule has 3 heteroatoms. The van der Waals surface area contributed by atoms with Crippen LogP contribution in [0.2, 0.25) is 0 Å². The maximum Gasteiger partial charge on any atom is 0.337 e. The van der Waals surface area contributed by atoms with E-state index in [0.29, 0.717) is 5.56 Å². The first-order valence-corrected chi connectivity index (χ1v) is 3.03. The van der Waals surface area contributed by atoms with Crippen molar-refractivity contribution in [1.29, 1.82) is 0 Å². The van der Waals surface area contributed by atoms with Crippen molar-refractivity contribution in [2.24, 2.45) is 0 Å². The lowest BCUT2D eigenvalue weighted by atomic mass is 10.2. The highest BCUT2D eigenvalue weighted by atomic mass is 16.5. The number of carbonyl (C=O) groups is 1. The van der Waals surface area contributed by atoms with Gasteiger partial charge in [-0.15, -0.1) is 0 Å². The van der Waals surface area contributed by atoms with Crippen LogP contribution in [0, 0.1) is 6.07 Å². The van der Waals surface area contributed by atoms with Gasteiger partial charge in [0.2, 0.25) is 0 Å². The number of ether oxygens (including phenoxy) is 1. The largest absolute Gasteiger partial charge is 0.507 e. The van der Waals surface area contributed by atoms with E-state index in [1.165, 1.54) is 25.3 Å². The molecular weight excluding hydrogens is 144 g/mol. The summed E-state index contributed by atoms with van der Waals surface area (Å²) in [5, 5.41) is 8.89. The summed E-state index contributed by atoms with van der Waals surface area (Å²) in [6, 6.07) is 6.78. The quantitative estimate of drug-likeness (QED) is 0.608. The zero-order chi connectivity index (χ0) is 8.27. The summed E-state index contributed by atoms with van der Waals surface area (Å²) >= 11 is 0. The van der Waals surface area contributed by atoms with Gasteiger partial charge in [-0.3, -0.25) is 0 Å². The van der Waals surface area contributed by atoms with Crippen LogP contribution in [0.5, 0.6) is 5.75 Å². The van der Waals surface area contributed by atoms with Gasteiger partial charge >= 0.3 is 5.97 Å². The van der Waals surface area contributed by atoms with Crippen LogP contribution in [-0.4, -0.2) is 18.2 Å². The molecule has 0 bridgehead atoms. The molecule has 1 radical (unpaired) electrons. The summed E-state index contributed by atoms with van der Waals surface area (Å²) in [6.07, 6.45) is 0. The van der Waals surface area contributed by atoms with E-state index in [-0.39, 0.29) is 5.75 Å². The molecule has 0 fully saturated rings. The number of hydrogen-bond acceptors (Lipinski definition) is 3. The average Bonchev–Trinajstić information content (AvgIpc) is 2.03. The minimum Gasteiger partial charge on any atom is -0.507 e. The Bertz CT molecular complexity index is 268. The molecule has 0 unspecified atom stereocenters. The number of carbonyl (C=O) groups excluding carboxylic acids is 1. The lowest BCUT2D eigenvalue weighted by Gasteiger charge is -1.97. The van der Waals surface area contributed by atoms with Gasteiger partial charge in [0.25, 0.3) is 0 Å². The number of phenolic OH excluding ortho intramolecular Hbond substituents is 1. The maximum atomic E-state index is 10.8. The molecule has 0 saturated carbocycles. The number of hydrogen-bond donors (Lipinski definition) is 1. The summed E-state index contributed by atoms with van der Waals surface area (Å²) in [4.78, 5) is 10.8. The first-order valence-electron chi connectivity index (χ1n) is 3.03. The molecule has 0 saturated heterocycles. The van der Waals surface area contributed by atoms with E-state index in [4.69, 9.17) is 5.11 Å². The Kier molecular flexibility index (Phi) is 2.11. The fourth-order valence-electron chi connectivity index (χ4n) is 0.699. The Morgan fingerprint density at radius 3 is 3.00 bits per heavy atom. The lowest BCUT2D eigenvalue weighted by Crippen LogP contribution is -1.99. The van der Waals surface area contributed by atoms with Gasteiger partial charge in [-0.1, -0.05) is 0 Å². The van der Waals surface area contributed by atoms with Gasteiger partial charge in [0.15, 0.2) is 0 Å². The van der Waals surface area contributed by atoms with E-state index in [9.17, 15) is 4.79 Å². The topological polar surface area (TPSA) is 46.5 Å². The molecule has 0 heterocycles. The number of methoxy groups -OCH3 is 1. The molecule has 11 heavy (non-hydrogen) atoms. The fourth-order valence-corrected chi connectivity index (χ4v) is 0.699. The molecule has 0 aliphatic rings. The minimum atomic E-state index is -0.464. The fraction of sp³-hybridized carbons (Fsp3) is 0.125. The Hall–Kier alpha value is -1.51. The summed E-state index contributed by atoms with van der Waals surface area (Å²) in [5.74, 6) is -0.526. The summed E-state index contributed by atoms with van der Waals surface area (Å²) in [5.41, 5.74) is 0.323. The van der Waals surface area contributed by atoms with Crippen LogP contribution in [0.3, 0.4) is 0 Å². The monoisotopic (exact) mass is 151 g/mol. The maximum absolute atomic E-state index is 10.8. The van der Waals surface area contributed by atoms with Crippen LogP contribution in [0.25, 0.3) is 0 Å². The smallest absolute Gasteiger partial charge is 0.337 e.